The quantitative estimate of drug-likeness (QED) is 0.00789. The van der Waals surface area contributed by atoms with E-state index < -0.39 is 56.0 Å². The van der Waals surface area contributed by atoms with Crippen molar-refractivity contribution in [3.63, 3.8) is 0 Å². The number of amides is 3. The summed E-state index contributed by atoms with van der Waals surface area (Å²) < 4.78 is 86.5. The fraction of sp³-hybridized carbons (Fsp3) is 0.197. The van der Waals surface area contributed by atoms with E-state index in [9.17, 15) is 71.1 Å². The second-order valence-electron chi connectivity index (χ2n) is 21.0. The molecule has 114 heavy (non-hydrogen) atoms. The van der Waals surface area contributed by atoms with E-state index >= 15 is 0 Å². The SMILES string of the molecule is C.CN.CNc1ncc(N)c(N)n1.CNc1ncc(NC(=O)c2cc(C(=O)Nc3cccc(C(F)(F)F)c3C)ccc2C)c(N)n1.CNc1ncc([N+](=O)[O-])c(N)n1.Cc1ccc(C(=O)Nc2cccc(C(F)(F)F)c2C)cc1I.Cc1cccc(C)n1.N.Nc1nc(Cl)ncc1[N+](=O)[O-].O.O=[N+]([O-])c1cnc(Cl)nc1Cl.[C-]#[O+]. The predicted octanol–water partition coefficient (Wildman–Crippen LogP) is 12.6. The second-order valence-corrected chi connectivity index (χ2v) is 23.2. The summed E-state index contributed by atoms with van der Waals surface area (Å²) in [5.74, 6) is -0.629. The number of nitrogens with zero attached hydrogens (tertiary/aromatic N) is 14. The van der Waals surface area contributed by atoms with Crippen molar-refractivity contribution < 1.29 is 65.6 Å². The molecule has 0 bridgehead atoms. The number of halogens is 10. The van der Waals surface area contributed by atoms with E-state index in [-0.39, 0.29) is 121 Å². The molecule has 0 radical (unpaired) electrons. The Morgan fingerprint density at radius 2 is 0.851 bits per heavy atom. The van der Waals surface area contributed by atoms with Gasteiger partial charge in [0.25, 0.3) is 17.7 Å². The van der Waals surface area contributed by atoms with Gasteiger partial charge in [0.1, 0.15) is 24.3 Å². The van der Waals surface area contributed by atoms with Crippen LogP contribution in [0.5, 0.6) is 0 Å². The number of anilines is 11. The van der Waals surface area contributed by atoms with Gasteiger partial charge in [-0.1, -0.05) is 49.4 Å². The average molecular weight is 1770 g/mol. The molecular formula is C66H77Cl3F6IN27O11. The van der Waals surface area contributed by atoms with Crippen molar-refractivity contribution in [2.45, 2.75) is 61.3 Å². The number of carbonyl (C=O) groups is 3. The van der Waals surface area contributed by atoms with E-state index in [0.717, 1.165) is 51.2 Å². The normalized spacial score (nSPS) is 9.78. The van der Waals surface area contributed by atoms with E-state index in [1.807, 2.05) is 39.0 Å². The van der Waals surface area contributed by atoms with Crippen molar-refractivity contribution in [3.05, 3.63) is 240 Å². The van der Waals surface area contributed by atoms with Crippen LogP contribution in [0, 0.1) is 82.1 Å². The van der Waals surface area contributed by atoms with Crippen molar-refractivity contribution in [2.75, 3.05) is 88.8 Å². The first kappa shape index (κ1) is 103. The number of nitro groups is 3. The summed E-state index contributed by atoms with van der Waals surface area (Å²) in [6.07, 6.45) is -3.19. The van der Waals surface area contributed by atoms with Crippen LogP contribution in [-0.2, 0) is 17.0 Å². The molecule has 10 aromatic rings. The Kier molecular flexibility index (Phi) is 44.8. The van der Waals surface area contributed by atoms with Crippen LogP contribution in [-0.4, -0.2) is 121 Å². The standard InChI is InChI=1S/C22H21F3N6O2.C16H13F3INO.C7H9N.C5H7N5O2.C5H9N5.C4HCl2N3O2.C4H3ClN4O2.CH5N.CO.CH4.H3N.H2O/c1-11-7-8-13(19(32)29-16-6-4-5-15(12(16)2)22(23,24)25)9-14(11)20(33)30-17-10-28-21(27-3)31-18(17)26;1-9-6-7-11(8-13(9)20)15(22)21-14-5-3-4-12(10(14)2)16(17,18)19;1-6-4-3-5-7(2)8-6;1-7-5-8-2-3(10(11)12)4(6)9-5;1-8-5-9-2-3(6)4(7)10-5;5-3-2(9(10)11)1-7-4(6)8-3;5-4-7-1-2(9(10)11)3(6)8-4;2*1-2;;;/h4-10H,1-3H3,(H,29,32)(H,30,33)(H3,26,27,28,31);3-8H,1-2H3,(H,21,22);3-5H,1-2H3;2H,1H3,(H3,6,7,8,9);2H,6H2,1H3,(H3,7,8,9,10);1H;1H,(H2,6,7,8);2H2,1H3;;1H4;1H3;1H2. The molecular weight excluding hydrogens is 1690 g/mol. The number of nitrogens with one attached hydrogen (secondary N) is 6. The first-order valence-corrected chi connectivity index (χ1v) is 32.7. The van der Waals surface area contributed by atoms with Crippen molar-refractivity contribution >= 4 is 156 Å². The molecule has 48 heteroatoms. The number of nitrogen functional groups attached to an aromatic ring is 5. The van der Waals surface area contributed by atoms with Crippen molar-refractivity contribution in [3.8, 4) is 0 Å². The molecule has 0 spiro atoms. The third-order valence-corrected chi connectivity index (χ3v) is 15.2. The van der Waals surface area contributed by atoms with Crippen LogP contribution in [0.25, 0.3) is 0 Å². The van der Waals surface area contributed by atoms with Gasteiger partial charge in [-0.05, 0) is 177 Å². The Hall–Kier alpha value is -12.8. The number of alkyl halides is 6. The van der Waals surface area contributed by atoms with Gasteiger partial charge in [0, 0.05) is 64.2 Å². The maximum absolute atomic E-state index is 13.1. The van der Waals surface area contributed by atoms with Crippen LogP contribution < -0.4 is 72.5 Å². The number of carbonyl (C=O) groups excluding carboxylic acids is 3. The molecule has 0 aliphatic rings. The molecule has 3 amide bonds. The summed E-state index contributed by atoms with van der Waals surface area (Å²) in [6, 6.07) is 22.8. The molecule has 4 aromatic carbocycles. The van der Waals surface area contributed by atoms with Crippen molar-refractivity contribution in [1.29, 1.82) is 0 Å². The van der Waals surface area contributed by atoms with E-state index in [2.05, 4.69) is 122 Å². The van der Waals surface area contributed by atoms with Gasteiger partial charge in [0.15, 0.2) is 11.6 Å². The Labute approximate surface area is 674 Å². The molecule has 612 valence electrons. The van der Waals surface area contributed by atoms with Gasteiger partial charge in [-0.2, -0.15) is 51.3 Å². The Morgan fingerprint density at radius 3 is 1.23 bits per heavy atom. The summed E-state index contributed by atoms with van der Waals surface area (Å²) in [5.41, 5.74) is 34.1. The monoisotopic (exact) mass is 1770 g/mol. The molecule has 0 saturated heterocycles. The molecule has 0 aliphatic carbocycles. The summed E-state index contributed by atoms with van der Waals surface area (Å²) in [4.78, 5) is 107. The minimum atomic E-state index is -4.54. The number of aryl methyl sites for hydroxylation is 4. The Morgan fingerprint density at radius 1 is 0.482 bits per heavy atom. The van der Waals surface area contributed by atoms with E-state index in [0.29, 0.717) is 28.6 Å². The molecule has 38 nitrogen and oxygen atoms in total. The molecule has 6 heterocycles. The topological polar surface area (TPSA) is 637 Å². The van der Waals surface area contributed by atoms with Gasteiger partial charge in [-0.15, -0.1) is 0 Å². The van der Waals surface area contributed by atoms with Gasteiger partial charge < -0.3 is 77.9 Å². The van der Waals surface area contributed by atoms with Crippen molar-refractivity contribution in [1.82, 2.24) is 61.0 Å². The third-order valence-electron chi connectivity index (χ3n) is 13.4. The zero-order chi connectivity index (χ0) is 84.4. The number of rotatable bonds is 12. The van der Waals surface area contributed by atoms with Gasteiger partial charge in [-0.25, -0.2) is 24.9 Å². The van der Waals surface area contributed by atoms with Gasteiger partial charge in [0.05, 0.1) is 44.0 Å². The van der Waals surface area contributed by atoms with Crippen LogP contribution in [0.2, 0.25) is 15.7 Å². The average Bonchev–Trinajstić information content (AvgIpc) is 0.814. The number of nitrogens with two attached hydrogens (primary N) is 6. The molecule has 10 rings (SSSR count). The molecule has 6 aromatic heterocycles. The van der Waals surface area contributed by atoms with Crippen LogP contribution >= 0.6 is 57.4 Å². The van der Waals surface area contributed by atoms with Gasteiger partial charge in [0.2, 0.25) is 45.2 Å². The number of aromatic nitrogens is 11. The predicted molar refractivity (Wildman–Crippen MR) is 430 cm³/mol. The van der Waals surface area contributed by atoms with Gasteiger partial charge in [-0.3, -0.25) is 49.7 Å². The first-order valence-electron chi connectivity index (χ1n) is 30.5. The zero-order valence-corrected chi connectivity index (χ0v) is 65.3. The number of benzene rings is 4. The zero-order valence-electron chi connectivity index (χ0n) is 60.8. The van der Waals surface area contributed by atoms with E-state index in [1.165, 1.54) is 69.7 Å². The molecule has 0 unspecified atom stereocenters. The number of pyridine rings is 1. The van der Waals surface area contributed by atoms with Crippen LogP contribution in [0.15, 0.2) is 122 Å². The Balaban J connectivity index is 0. The van der Waals surface area contributed by atoms with E-state index in [1.54, 1.807) is 52.3 Å². The Bertz CT molecular complexity index is 4860. The maximum atomic E-state index is 13.1. The summed E-state index contributed by atoms with van der Waals surface area (Å²) >= 11 is 18.0. The molecule has 0 aliphatic heterocycles. The summed E-state index contributed by atoms with van der Waals surface area (Å²) in [7, 11) is 6.43. The van der Waals surface area contributed by atoms with Crippen molar-refractivity contribution in [2.24, 2.45) is 5.73 Å². The van der Waals surface area contributed by atoms with Crippen LogP contribution in [0.3, 0.4) is 0 Å². The third kappa shape index (κ3) is 33.0. The fourth-order valence-electron chi connectivity index (χ4n) is 7.91. The van der Waals surface area contributed by atoms with Crippen LogP contribution in [0.4, 0.5) is 107 Å². The molecule has 0 fully saturated rings. The van der Waals surface area contributed by atoms with Gasteiger partial charge >= 0.3 is 40.7 Å². The number of hydrogen-bond acceptors (Lipinski definition) is 30. The number of hydrogen-bond donors (Lipinski definition) is 13. The summed E-state index contributed by atoms with van der Waals surface area (Å²) in [6.45, 7) is 14.7. The summed E-state index contributed by atoms with van der Waals surface area (Å²) in [5, 5.41) is 45.7. The first-order chi connectivity index (χ1) is 52.1. The second kappa shape index (κ2) is 49.5. The molecule has 0 atom stereocenters. The molecule has 23 N–H and O–H groups in total. The molecule has 0 saturated carbocycles. The van der Waals surface area contributed by atoms with Crippen LogP contribution in [0.1, 0.15) is 83.3 Å². The van der Waals surface area contributed by atoms with E-state index in [4.69, 9.17) is 68.1 Å². The minimum absolute atomic E-state index is 0. The fourth-order valence-corrected chi connectivity index (χ4v) is 8.94.